The molecule has 0 unspecified atom stereocenters. The summed E-state index contributed by atoms with van der Waals surface area (Å²) in [6, 6.07) is 20.8. The third kappa shape index (κ3) is 4.46. The van der Waals surface area contributed by atoms with Crippen LogP contribution in [0.25, 0.3) is 6.08 Å². The average Bonchev–Trinajstić information content (AvgIpc) is 2.78. The molecule has 4 rings (SSSR count). The molecule has 150 valence electrons. The van der Waals surface area contributed by atoms with E-state index in [9.17, 15) is 14.0 Å². The number of hydrogen-bond donors (Lipinski definition) is 1. The largest absolute Gasteiger partial charge is 0.323 e. The molecular weight excluding hydrogens is 379 g/mol. The Bertz CT molecular complexity index is 1090. The summed E-state index contributed by atoms with van der Waals surface area (Å²) < 4.78 is 13.0. The molecule has 0 radical (unpaired) electrons. The number of hydrogen-bond acceptors (Lipinski definition) is 2. The Morgan fingerprint density at radius 1 is 0.967 bits per heavy atom. The molecule has 4 nitrogen and oxygen atoms in total. The predicted octanol–water partition coefficient (Wildman–Crippen LogP) is 5.07. The lowest BCUT2D eigenvalue weighted by Gasteiger charge is -2.30. The van der Waals surface area contributed by atoms with Crippen LogP contribution in [0.15, 0.2) is 78.9 Å². The molecule has 5 heteroatoms. The highest BCUT2D eigenvalue weighted by atomic mass is 19.1. The van der Waals surface area contributed by atoms with Gasteiger partial charge in [0.2, 0.25) is 5.91 Å². The molecule has 0 saturated heterocycles. The summed E-state index contributed by atoms with van der Waals surface area (Å²) >= 11 is 0. The van der Waals surface area contributed by atoms with Gasteiger partial charge in [-0.15, -0.1) is 0 Å². The van der Waals surface area contributed by atoms with Gasteiger partial charge in [-0.05, 0) is 72.5 Å². The lowest BCUT2D eigenvalue weighted by Crippen LogP contribution is -2.35. The first-order valence-corrected chi connectivity index (χ1v) is 9.84. The normalized spacial score (nSPS) is 13.2. The summed E-state index contributed by atoms with van der Waals surface area (Å²) in [5.41, 5.74) is 4.00. The van der Waals surface area contributed by atoms with Crippen LogP contribution in [0.4, 0.5) is 15.8 Å². The number of carbonyl (C=O) groups excluding carboxylic acids is 2. The van der Waals surface area contributed by atoms with E-state index in [1.54, 1.807) is 29.2 Å². The Morgan fingerprint density at radius 3 is 2.50 bits per heavy atom. The maximum atomic E-state index is 13.0. The van der Waals surface area contributed by atoms with Crippen molar-refractivity contribution < 1.29 is 14.0 Å². The van der Waals surface area contributed by atoms with E-state index in [-0.39, 0.29) is 17.6 Å². The zero-order valence-electron chi connectivity index (χ0n) is 16.3. The van der Waals surface area contributed by atoms with Crippen molar-refractivity contribution in [1.29, 1.82) is 0 Å². The van der Waals surface area contributed by atoms with E-state index in [0.717, 1.165) is 29.7 Å². The number of rotatable bonds is 4. The molecule has 1 heterocycles. The highest BCUT2D eigenvalue weighted by Gasteiger charge is 2.23. The van der Waals surface area contributed by atoms with Gasteiger partial charge < -0.3 is 10.2 Å². The van der Waals surface area contributed by atoms with Gasteiger partial charge in [0, 0.05) is 29.6 Å². The summed E-state index contributed by atoms with van der Waals surface area (Å²) in [6.07, 6.45) is 4.77. The fourth-order valence-electron chi connectivity index (χ4n) is 3.55. The Balaban J connectivity index is 1.47. The molecule has 30 heavy (non-hydrogen) atoms. The van der Waals surface area contributed by atoms with Crippen molar-refractivity contribution >= 4 is 29.3 Å². The second-order valence-electron chi connectivity index (χ2n) is 7.14. The van der Waals surface area contributed by atoms with Crippen LogP contribution >= 0.6 is 0 Å². The number of aryl methyl sites for hydroxylation is 1. The van der Waals surface area contributed by atoms with Crippen molar-refractivity contribution in [1.82, 2.24) is 0 Å². The summed E-state index contributed by atoms with van der Waals surface area (Å²) in [6.45, 7) is 0.673. The van der Waals surface area contributed by atoms with E-state index in [1.165, 1.54) is 18.2 Å². The Hall–Kier alpha value is -3.73. The molecule has 0 saturated carbocycles. The first-order valence-electron chi connectivity index (χ1n) is 9.84. The molecule has 0 spiro atoms. The van der Waals surface area contributed by atoms with Crippen LogP contribution in [-0.4, -0.2) is 18.4 Å². The molecule has 0 bridgehead atoms. The molecule has 3 aromatic rings. The molecule has 0 fully saturated rings. The van der Waals surface area contributed by atoms with Gasteiger partial charge in [-0.3, -0.25) is 9.59 Å². The fourth-order valence-corrected chi connectivity index (χ4v) is 3.55. The molecule has 1 aliphatic heterocycles. The number of fused-ring (bicyclic) bond motifs is 1. The maximum Gasteiger partial charge on any atom is 0.258 e. The number of amides is 2. The van der Waals surface area contributed by atoms with Gasteiger partial charge in [0.05, 0.1) is 0 Å². The minimum atomic E-state index is -0.314. The quantitative estimate of drug-likeness (QED) is 0.622. The third-order valence-corrected chi connectivity index (χ3v) is 5.03. The van der Waals surface area contributed by atoms with Gasteiger partial charge in [-0.1, -0.05) is 30.3 Å². The number of anilines is 2. The van der Waals surface area contributed by atoms with Crippen LogP contribution in [0.3, 0.4) is 0 Å². The Labute approximate surface area is 174 Å². The smallest absolute Gasteiger partial charge is 0.258 e. The van der Waals surface area contributed by atoms with E-state index in [1.807, 2.05) is 42.5 Å². The molecule has 0 aromatic heterocycles. The van der Waals surface area contributed by atoms with Gasteiger partial charge in [0.15, 0.2) is 0 Å². The van der Waals surface area contributed by atoms with Gasteiger partial charge in [-0.2, -0.15) is 0 Å². The van der Waals surface area contributed by atoms with Crippen molar-refractivity contribution in [3.05, 3.63) is 101 Å². The highest BCUT2D eigenvalue weighted by molar-refractivity contribution is 6.07. The van der Waals surface area contributed by atoms with Gasteiger partial charge >= 0.3 is 0 Å². The predicted molar refractivity (Wildman–Crippen MR) is 117 cm³/mol. The van der Waals surface area contributed by atoms with Crippen molar-refractivity contribution in [3.63, 3.8) is 0 Å². The van der Waals surface area contributed by atoms with E-state index < -0.39 is 0 Å². The Kier molecular flexibility index (Phi) is 5.70. The van der Waals surface area contributed by atoms with Crippen LogP contribution in [0.2, 0.25) is 0 Å². The second-order valence-corrected chi connectivity index (χ2v) is 7.14. The molecule has 1 aliphatic rings. The summed E-state index contributed by atoms with van der Waals surface area (Å²) in [5, 5.41) is 2.85. The zero-order chi connectivity index (χ0) is 20.9. The minimum absolute atomic E-state index is 0.0180. The standard InChI is InChI=1S/C25H21FN2O2/c26-21-11-8-18(9-12-21)10-15-24(29)27-22-13-14-23-20(17-22)7-4-16-28(23)25(30)19-5-2-1-3-6-19/h1-3,5-6,8-15,17H,4,7,16H2,(H,27,29)/b15-10+. The molecular formula is C25H21FN2O2. The van der Waals surface area contributed by atoms with Crippen LogP contribution < -0.4 is 10.2 Å². The summed E-state index contributed by atoms with van der Waals surface area (Å²) in [4.78, 5) is 26.9. The molecule has 1 N–H and O–H groups in total. The summed E-state index contributed by atoms with van der Waals surface area (Å²) in [5.74, 6) is -0.603. The van der Waals surface area contributed by atoms with E-state index in [0.29, 0.717) is 17.8 Å². The number of nitrogens with one attached hydrogen (secondary N) is 1. The topological polar surface area (TPSA) is 49.4 Å². The third-order valence-electron chi connectivity index (χ3n) is 5.03. The van der Waals surface area contributed by atoms with E-state index in [2.05, 4.69) is 5.32 Å². The molecule has 2 amide bonds. The van der Waals surface area contributed by atoms with Crippen molar-refractivity contribution in [3.8, 4) is 0 Å². The van der Waals surface area contributed by atoms with Crippen molar-refractivity contribution in [2.45, 2.75) is 12.8 Å². The van der Waals surface area contributed by atoms with Crippen molar-refractivity contribution in [2.24, 2.45) is 0 Å². The van der Waals surface area contributed by atoms with E-state index in [4.69, 9.17) is 0 Å². The number of halogens is 1. The second kappa shape index (κ2) is 8.74. The van der Waals surface area contributed by atoms with Crippen LogP contribution in [0.5, 0.6) is 0 Å². The van der Waals surface area contributed by atoms with Gasteiger partial charge in [0.25, 0.3) is 5.91 Å². The van der Waals surface area contributed by atoms with Gasteiger partial charge in [0.1, 0.15) is 5.82 Å². The van der Waals surface area contributed by atoms with Crippen LogP contribution in [0, 0.1) is 5.82 Å². The first-order chi connectivity index (χ1) is 14.6. The molecule has 3 aromatic carbocycles. The number of carbonyl (C=O) groups is 2. The minimum Gasteiger partial charge on any atom is -0.323 e. The lowest BCUT2D eigenvalue weighted by atomic mass is 10.00. The van der Waals surface area contributed by atoms with E-state index >= 15 is 0 Å². The Morgan fingerprint density at radius 2 is 1.73 bits per heavy atom. The fraction of sp³-hybridized carbons (Fsp3) is 0.120. The summed E-state index contributed by atoms with van der Waals surface area (Å²) in [7, 11) is 0. The SMILES string of the molecule is O=C(/C=C/c1ccc(F)cc1)Nc1ccc2c(c1)CCCN2C(=O)c1ccccc1. The van der Waals surface area contributed by atoms with Crippen molar-refractivity contribution in [2.75, 3.05) is 16.8 Å². The number of nitrogens with zero attached hydrogens (tertiary/aromatic N) is 1. The maximum absolute atomic E-state index is 13.0. The zero-order valence-corrected chi connectivity index (χ0v) is 16.3. The molecule has 0 atom stereocenters. The lowest BCUT2D eigenvalue weighted by molar-refractivity contribution is -0.111. The van der Waals surface area contributed by atoms with Crippen LogP contribution in [-0.2, 0) is 11.2 Å². The van der Waals surface area contributed by atoms with Crippen LogP contribution in [0.1, 0.15) is 27.9 Å². The molecule has 0 aliphatic carbocycles. The average molecular weight is 400 g/mol. The first kappa shape index (κ1) is 19.6. The number of benzene rings is 3. The highest BCUT2D eigenvalue weighted by Crippen LogP contribution is 2.31. The van der Waals surface area contributed by atoms with Gasteiger partial charge in [-0.25, -0.2) is 4.39 Å². The monoisotopic (exact) mass is 400 g/mol.